The van der Waals surface area contributed by atoms with Crippen LogP contribution in [0, 0.1) is 0 Å². The molecule has 2 amide bonds. The van der Waals surface area contributed by atoms with Gasteiger partial charge in [0.1, 0.15) is 17.7 Å². The van der Waals surface area contributed by atoms with E-state index in [2.05, 4.69) is 21.8 Å². The molecule has 1 aromatic carbocycles. The number of carbonyl (C=O) groups excluding carboxylic acids is 2. The predicted octanol–water partition coefficient (Wildman–Crippen LogP) is 5.52. The van der Waals surface area contributed by atoms with Gasteiger partial charge in [0.05, 0.1) is 11.6 Å². The highest BCUT2D eigenvalue weighted by Gasteiger charge is 2.35. The first-order valence-corrected chi connectivity index (χ1v) is 14.6. The normalized spacial score (nSPS) is 18.4. The van der Waals surface area contributed by atoms with Crippen molar-refractivity contribution >= 4 is 41.2 Å². The number of benzene rings is 1. The molecule has 2 aliphatic heterocycles. The van der Waals surface area contributed by atoms with Gasteiger partial charge in [0.25, 0.3) is 0 Å². The number of piperazine rings is 1. The van der Waals surface area contributed by atoms with Crippen molar-refractivity contribution in [3.8, 4) is 0 Å². The zero-order chi connectivity index (χ0) is 27.6. The number of ether oxygens (including phenoxy) is 1. The Morgan fingerprint density at radius 2 is 1.79 bits per heavy atom. The van der Waals surface area contributed by atoms with Crippen LogP contribution in [-0.2, 0) is 15.3 Å². The first-order valence-electron chi connectivity index (χ1n) is 13.2. The summed E-state index contributed by atoms with van der Waals surface area (Å²) >= 11 is 8.03. The molecular weight excluding hydrogens is 522 g/mol. The number of hydrogen-bond donors (Lipinski definition) is 0. The molecule has 0 N–H and O–H groups in total. The Bertz CT molecular complexity index is 1150. The molecule has 0 saturated carbocycles. The van der Waals surface area contributed by atoms with E-state index in [1.54, 1.807) is 23.4 Å². The summed E-state index contributed by atoms with van der Waals surface area (Å²) in [5, 5.41) is 0.969. The van der Waals surface area contributed by atoms with Crippen LogP contribution in [0.1, 0.15) is 69.5 Å². The number of anilines is 1. The zero-order valence-corrected chi connectivity index (χ0v) is 24.7. The van der Waals surface area contributed by atoms with Crippen LogP contribution in [0.5, 0.6) is 0 Å². The fourth-order valence-electron chi connectivity index (χ4n) is 4.89. The molecule has 2 aliphatic rings. The van der Waals surface area contributed by atoms with E-state index in [-0.39, 0.29) is 18.5 Å². The van der Waals surface area contributed by atoms with Gasteiger partial charge < -0.3 is 19.4 Å². The second-order valence-electron chi connectivity index (χ2n) is 11.2. The minimum Gasteiger partial charge on any atom is -0.444 e. The lowest BCUT2D eigenvalue weighted by Gasteiger charge is -2.39. The summed E-state index contributed by atoms with van der Waals surface area (Å²) in [5.74, 6) is 1.37. The lowest BCUT2D eigenvalue weighted by Crippen LogP contribution is -2.52. The number of carbonyl (C=O) groups is 2. The number of hydrogen-bond acceptors (Lipinski definition) is 7. The third kappa shape index (κ3) is 6.54. The average molecular weight is 560 g/mol. The third-order valence-corrected chi connectivity index (χ3v) is 8.34. The molecular formula is C28H38ClN5O3S. The predicted molar refractivity (Wildman–Crippen MR) is 153 cm³/mol. The van der Waals surface area contributed by atoms with Gasteiger partial charge in [0.15, 0.2) is 0 Å². The Morgan fingerprint density at radius 3 is 2.39 bits per heavy atom. The zero-order valence-electron chi connectivity index (χ0n) is 23.1. The van der Waals surface area contributed by atoms with Gasteiger partial charge in [-0.25, -0.2) is 14.8 Å². The summed E-state index contributed by atoms with van der Waals surface area (Å²) in [6, 6.07) is 7.19. The summed E-state index contributed by atoms with van der Waals surface area (Å²) in [6.07, 6.45) is 1.23. The molecule has 0 unspecified atom stereocenters. The minimum absolute atomic E-state index is 0.00183. The van der Waals surface area contributed by atoms with E-state index in [4.69, 9.17) is 16.3 Å². The first-order chi connectivity index (χ1) is 17.9. The largest absolute Gasteiger partial charge is 0.444 e. The van der Waals surface area contributed by atoms with E-state index in [1.807, 2.05) is 63.4 Å². The number of thioether (sulfide) groups is 1. The van der Waals surface area contributed by atoms with E-state index in [0.717, 1.165) is 22.8 Å². The molecule has 206 valence electrons. The van der Waals surface area contributed by atoms with Crippen molar-refractivity contribution in [2.24, 2.45) is 0 Å². The standard InChI is InChI=1S/C28H38ClN5O3S/c1-18(2)34(27(36)37-28(4,5)6)15-22(20-7-9-21(29)10-8-20)26(35)33-13-11-32(12-14-33)25-24-19(3)38-16-23(24)30-17-31-25/h7-10,17-19,22H,11-16H2,1-6H3/t19-,22+/m0/s1. The second-order valence-corrected chi connectivity index (χ2v) is 12.9. The van der Waals surface area contributed by atoms with Gasteiger partial charge in [-0.3, -0.25) is 4.79 Å². The van der Waals surface area contributed by atoms with Crippen LogP contribution in [0.2, 0.25) is 5.02 Å². The van der Waals surface area contributed by atoms with Gasteiger partial charge in [0.2, 0.25) is 5.91 Å². The van der Waals surface area contributed by atoms with E-state index in [9.17, 15) is 9.59 Å². The smallest absolute Gasteiger partial charge is 0.410 e. The summed E-state index contributed by atoms with van der Waals surface area (Å²) in [4.78, 5) is 42.0. The van der Waals surface area contributed by atoms with Crippen molar-refractivity contribution in [3.05, 3.63) is 52.4 Å². The van der Waals surface area contributed by atoms with Gasteiger partial charge >= 0.3 is 6.09 Å². The number of nitrogens with zero attached hydrogens (tertiary/aromatic N) is 5. The highest BCUT2D eigenvalue weighted by atomic mass is 35.5. The average Bonchev–Trinajstić information content (AvgIpc) is 3.25. The molecule has 1 fully saturated rings. The number of fused-ring (bicyclic) bond motifs is 1. The lowest BCUT2D eigenvalue weighted by atomic mass is 9.96. The molecule has 2 atom stereocenters. The van der Waals surface area contributed by atoms with E-state index < -0.39 is 17.6 Å². The van der Waals surface area contributed by atoms with E-state index in [1.165, 1.54) is 5.56 Å². The van der Waals surface area contributed by atoms with Gasteiger partial charge in [-0.15, -0.1) is 11.8 Å². The SMILES string of the molecule is CC(C)N(C[C@@H](C(=O)N1CCN(c2ncnc3c2[C@H](C)SC3)CC1)c1ccc(Cl)cc1)C(=O)OC(C)(C)C. The molecule has 4 rings (SSSR count). The molecule has 0 aliphatic carbocycles. The van der Waals surface area contributed by atoms with Gasteiger partial charge in [-0.1, -0.05) is 23.7 Å². The van der Waals surface area contributed by atoms with Crippen molar-refractivity contribution in [2.45, 2.75) is 70.1 Å². The quantitative estimate of drug-likeness (QED) is 0.461. The van der Waals surface area contributed by atoms with Crippen LogP contribution < -0.4 is 4.90 Å². The van der Waals surface area contributed by atoms with Crippen molar-refractivity contribution < 1.29 is 14.3 Å². The van der Waals surface area contributed by atoms with Gasteiger partial charge in [-0.05, 0) is 59.2 Å². The maximum absolute atomic E-state index is 14.0. The van der Waals surface area contributed by atoms with Crippen LogP contribution in [0.15, 0.2) is 30.6 Å². The number of halogens is 1. The Morgan fingerprint density at radius 1 is 1.13 bits per heavy atom. The van der Waals surface area contributed by atoms with Crippen LogP contribution in [0.4, 0.5) is 10.6 Å². The molecule has 0 bridgehead atoms. The van der Waals surface area contributed by atoms with Gasteiger partial charge in [-0.2, -0.15) is 0 Å². The highest BCUT2D eigenvalue weighted by molar-refractivity contribution is 7.99. The summed E-state index contributed by atoms with van der Waals surface area (Å²) in [6.45, 7) is 14.4. The molecule has 2 aromatic rings. The molecule has 1 saturated heterocycles. The molecule has 0 spiro atoms. The van der Waals surface area contributed by atoms with Crippen molar-refractivity contribution in [1.82, 2.24) is 19.8 Å². The van der Waals surface area contributed by atoms with Crippen LogP contribution >= 0.6 is 23.4 Å². The summed E-state index contributed by atoms with van der Waals surface area (Å²) in [7, 11) is 0. The molecule has 38 heavy (non-hydrogen) atoms. The topological polar surface area (TPSA) is 78.9 Å². The maximum Gasteiger partial charge on any atom is 0.410 e. The Hall–Kier alpha value is -2.52. The molecule has 0 radical (unpaired) electrons. The Balaban J connectivity index is 1.52. The monoisotopic (exact) mass is 559 g/mol. The van der Waals surface area contributed by atoms with E-state index in [0.29, 0.717) is 36.5 Å². The van der Waals surface area contributed by atoms with E-state index >= 15 is 0 Å². The second kappa shape index (κ2) is 11.7. The molecule has 10 heteroatoms. The fraction of sp³-hybridized carbons (Fsp3) is 0.571. The lowest BCUT2D eigenvalue weighted by molar-refractivity contribution is -0.133. The van der Waals surface area contributed by atoms with Crippen molar-refractivity contribution in [2.75, 3.05) is 37.6 Å². The summed E-state index contributed by atoms with van der Waals surface area (Å²) in [5.41, 5.74) is 2.54. The van der Waals surface area contributed by atoms with Crippen LogP contribution in [-0.4, -0.2) is 76.1 Å². The van der Waals surface area contributed by atoms with Gasteiger partial charge in [0, 0.05) is 60.4 Å². The fourth-order valence-corrected chi connectivity index (χ4v) is 6.06. The third-order valence-electron chi connectivity index (χ3n) is 6.91. The van der Waals surface area contributed by atoms with Crippen molar-refractivity contribution in [3.63, 3.8) is 0 Å². The maximum atomic E-state index is 14.0. The molecule has 3 heterocycles. The Kier molecular flexibility index (Phi) is 8.77. The number of rotatable bonds is 6. The minimum atomic E-state index is -0.627. The first kappa shape index (κ1) is 28.5. The molecule has 1 aromatic heterocycles. The number of aromatic nitrogens is 2. The summed E-state index contributed by atoms with van der Waals surface area (Å²) < 4.78 is 5.67. The Labute approximate surface area is 235 Å². The van der Waals surface area contributed by atoms with Crippen molar-refractivity contribution in [1.29, 1.82) is 0 Å². The molecule has 8 nitrogen and oxygen atoms in total. The van der Waals surface area contributed by atoms with Crippen LogP contribution in [0.25, 0.3) is 0 Å². The highest BCUT2D eigenvalue weighted by Crippen LogP contribution is 2.44. The number of amides is 2. The van der Waals surface area contributed by atoms with Crippen LogP contribution in [0.3, 0.4) is 0 Å².